The number of alkyl halides is 3. The van der Waals surface area contributed by atoms with Crippen LogP contribution in [0.3, 0.4) is 0 Å². The lowest BCUT2D eigenvalue weighted by Crippen LogP contribution is -2.07. The molecule has 1 N–H and O–H groups in total. The molecule has 0 fully saturated rings. The van der Waals surface area contributed by atoms with Crippen molar-refractivity contribution in [1.82, 2.24) is 4.98 Å². The van der Waals surface area contributed by atoms with Gasteiger partial charge in [0.05, 0.1) is 33.3 Å². The van der Waals surface area contributed by atoms with Gasteiger partial charge in [0.15, 0.2) is 5.75 Å². The maximum Gasteiger partial charge on any atom is 0.417 e. The summed E-state index contributed by atoms with van der Waals surface area (Å²) in [6, 6.07) is 3.56. The summed E-state index contributed by atoms with van der Waals surface area (Å²) in [7, 11) is 0. The van der Waals surface area contributed by atoms with Crippen LogP contribution in [0.2, 0.25) is 10.0 Å². The van der Waals surface area contributed by atoms with Gasteiger partial charge in [0, 0.05) is 18.3 Å². The van der Waals surface area contributed by atoms with Gasteiger partial charge in [-0.05, 0) is 34.8 Å². The number of phenols is 1. The summed E-state index contributed by atoms with van der Waals surface area (Å²) >= 11 is 14.9. The van der Waals surface area contributed by atoms with Gasteiger partial charge in [-0.2, -0.15) is 13.2 Å². The van der Waals surface area contributed by atoms with Crippen molar-refractivity contribution >= 4 is 39.1 Å². The van der Waals surface area contributed by atoms with E-state index in [0.717, 1.165) is 12.3 Å². The first-order valence-corrected chi connectivity index (χ1v) is 8.89. The molecule has 10 heteroatoms. The second kappa shape index (κ2) is 9.01. The van der Waals surface area contributed by atoms with Crippen molar-refractivity contribution in [3.63, 3.8) is 0 Å². The SMILES string of the molecule is Oc1cc(Cl)c(OCCCCOc2ncc(C(F)(F)F)cc2Br)c(Cl)c1. The first-order chi connectivity index (χ1) is 12.2. The molecule has 0 unspecified atom stereocenters. The number of hydrogen-bond donors (Lipinski definition) is 1. The maximum absolute atomic E-state index is 12.6. The average Bonchev–Trinajstić information content (AvgIpc) is 2.52. The predicted octanol–water partition coefficient (Wildman–Crippen LogP) is 6.11. The lowest BCUT2D eigenvalue weighted by Gasteiger charge is -2.11. The normalized spacial score (nSPS) is 11.5. The number of phenolic OH excluding ortho intramolecular Hbond substituents is 1. The van der Waals surface area contributed by atoms with Crippen LogP contribution in [0.25, 0.3) is 0 Å². The van der Waals surface area contributed by atoms with E-state index in [4.69, 9.17) is 32.7 Å². The third-order valence-corrected chi connectivity index (χ3v) is 4.27. The molecule has 1 heterocycles. The number of ether oxygens (including phenoxy) is 2. The third-order valence-electron chi connectivity index (χ3n) is 3.14. The van der Waals surface area contributed by atoms with E-state index < -0.39 is 11.7 Å². The van der Waals surface area contributed by atoms with Crippen LogP contribution in [-0.2, 0) is 6.18 Å². The molecule has 0 bridgehead atoms. The Morgan fingerprint density at radius 1 is 1.04 bits per heavy atom. The lowest BCUT2D eigenvalue weighted by atomic mass is 10.3. The zero-order chi connectivity index (χ0) is 19.3. The zero-order valence-corrected chi connectivity index (χ0v) is 16.2. The fourth-order valence-corrected chi connectivity index (χ4v) is 2.97. The van der Waals surface area contributed by atoms with Gasteiger partial charge in [-0.3, -0.25) is 0 Å². The summed E-state index contributed by atoms with van der Waals surface area (Å²) in [6.07, 6.45) is -2.57. The number of nitrogens with zero attached hydrogens (tertiary/aromatic N) is 1. The van der Waals surface area contributed by atoms with Crippen molar-refractivity contribution in [2.24, 2.45) is 0 Å². The standard InChI is InChI=1S/C16H13BrCl2F3NO3/c17-11-5-9(16(20,21)22)8-23-15(11)26-4-2-1-3-25-14-12(18)6-10(24)7-13(14)19/h5-8,24H,1-4H2. The van der Waals surface area contributed by atoms with E-state index >= 15 is 0 Å². The summed E-state index contributed by atoms with van der Waals surface area (Å²) in [5, 5.41) is 9.74. The summed E-state index contributed by atoms with van der Waals surface area (Å²) in [6.45, 7) is 0.548. The Morgan fingerprint density at radius 2 is 1.62 bits per heavy atom. The van der Waals surface area contributed by atoms with Gasteiger partial charge >= 0.3 is 6.18 Å². The predicted molar refractivity (Wildman–Crippen MR) is 95.3 cm³/mol. The second-order valence-electron chi connectivity index (χ2n) is 5.15. The number of halogens is 6. The molecule has 1 aromatic heterocycles. The van der Waals surface area contributed by atoms with Crippen LogP contribution in [0.1, 0.15) is 18.4 Å². The monoisotopic (exact) mass is 473 g/mol. The van der Waals surface area contributed by atoms with Crippen molar-refractivity contribution in [3.05, 3.63) is 44.5 Å². The smallest absolute Gasteiger partial charge is 0.417 e. The fourth-order valence-electron chi connectivity index (χ4n) is 1.92. The van der Waals surface area contributed by atoms with Gasteiger partial charge in [-0.1, -0.05) is 23.2 Å². The molecule has 2 rings (SSSR count). The van der Waals surface area contributed by atoms with Crippen LogP contribution in [0.4, 0.5) is 13.2 Å². The van der Waals surface area contributed by atoms with E-state index in [1.807, 2.05) is 0 Å². The number of hydrogen-bond acceptors (Lipinski definition) is 4. The minimum absolute atomic E-state index is 0.0598. The van der Waals surface area contributed by atoms with E-state index in [-0.39, 0.29) is 38.5 Å². The molecule has 0 amide bonds. The third kappa shape index (κ3) is 5.82. The number of unbranched alkanes of at least 4 members (excludes halogenated alkanes) is 1. The van der Waals surface area contributed by atoms with Gasteiger partial charge in [0.1, 0.15) is 5.75 Å². The highest BCUT2D eigenvalue weighted by Crippen LogP contribution is 2.36. The maximum atomic E-state index is 12.6. The lowest BCUT2D eigenvalue weighted by molar-refractivity contribution is -0.137. The molecule has 0 spiro atoms. The highest BCUT2D eigenvalue weighted by atomic mass is 79.9. The Bertz CT molecular complexity index is 752. The van der Waals surface area contributed by atoms with Crippen molar-refractivity contribution in [3.8, 4) is 17.4 Å². The number of aromatic nitrogens is 1. The molecule has 0 radical (unpaired) electrons. The fraction of sp³-hybridized carbons (Fsp3) is 0.312. The number of pyridine rings is 1. The average molecular weight is 475 g/mol. The van der Waals surface area contributed by atoms with Crippen LogP contribution in [-0.4, -0.2) is 23.3 Å². The molecule has 0 atom stereocenters. The Labute approximate surface area is 166 Å². The van der Waals surface area contributed by atoms with E-state index in [0.29, 0.717) is 19.4 Å². The summed E-state index contributed by atoms with van der Waals surface area (Å²) in [5.74, 6) is 0.304. The van der Waals surface area contributed by atoms with Crippen LogP contribution in [0.5, 0.6) is 17.4 Å². The molecule has 4 nitrogen and oxygen atoms in total. The highest BCUT2D eigenvalue weighted by Gasteiger charge is 2.31. The molecule has 0 aliphatic carbocycles. The van der Waals surface area contributed by atoms with Gasteiger partial charge < -0.3 is 14.6 Å². The second-order valence-corrected chi connectivity index (χ2v) is 6.82. The largest absolute Gasteiger partial charge is 0.508 e. The first-order valence-electron chi connectivity index (χ1n) is 7.35. The summed E-state index contributed by atoms with van der Waals surface area (Å²) in [4.78, 5) is 3.66. The summed E-state index contributed by atoms with van der Waals surface area (Å²) < 4.78 is 48.6. The Balaban J connectivity index is 1.76. The Hall–Kier alpha value is -1.38. The van der Waals surface area contributed by atoms with Gasteiger partial charge in [0.2, 0.25) is 5.88 Å². The van der Waals surface area contributed by atoms with Crippen LogP contribution in [0.15, 0.2) is 28.9 Å². The van der Waals surface area contributed by atoms with Gasteiger partial charge in [0.25, 0.3) is 0 Å². The first kappa shape index (κ1) is 20.9. The molecule has 142 valence electrons. The topological polar surface area (TPSA) is 51.6 Å². The van der Waals surface area contributed by atoms with Gasteiger partial charge in [-0.15, -0.1) is 0 Å². The van der Waals surface area contributed by atoms with Gasteiger partial charge in [-0.25, -0.2) is 4.98 Å². The minimum Gasteiger partial charge on any atom is -0.508 e. The molecule has 1 aromatic carbocycles. The molecular formula is C16H13BrCl2F3NO3. The number of rotatable bonds is 7. The summed E-state index contributed by atoms with van der Waals surface area (Å²) in [5.41, 5.74) is -0.854. The van der Waals surface area contributed by atoms with Crippen molar-refractivity contribution < 1.29 is 27.8 Å². The van der Waals surface area contributed by atoms with Crippen molar-refractivity contribution in [2.75, 3.05) is 13.2 Å². The molecule has 0 saturated heterocycles. The molecule has 0 saturated carbocycles. The Morgan fingerprint density at radius 3 is 2.15 bits per heavy atom. The van der Waals surface area contributed by atoms with E-state index in [2.05, 4.69) is 20.9 Å². The number of benzene rings is 1. The molecule has 0 aliphatic rings. The molecule has 0 aliphatic heterocycles. The van der Waals surface area contributed by atoms with E-state index in [1.54, 1.807) is 0 Å². The molecule has 2 aromatic rings. The minimum atomic E-state index is -4.46. The van der Waals surface area contributed by atoms with E-state index in [9.17, 15) is 18.3 Å². The highest BCUT2D eigenvalue weighted by molar-refractivity contribution is 9.10. The van der Waals surface area contributed by atoms with Crippen LogP contribution < -0.4 is 9.47 Å². The Kier molecular flexibility index (Phi) is 7.25. The van der Waals surface area contributed by atoms with E-state index in [1.165, 1.54) is 12.1 Å². The number of aromatic hydroxyl groups is 1. The van der Waals surface area contributed by atoms with Crippen LogP contribution in [0, 0.1) is 0 Å². The van der Waals surface area contributed by atoms with Crippen LogP contribution >= 0.6 is 39.1 Å². The molecule has 26 heavy (non-hydrogen) atoms. The quantitative estimate of drug-likeness (QED) is 0.491. The molecular weight excluding hydrogens is 462 g/mol. The van der Waals surface area contributed by atoms with Crippen molar-refractivity contribution in [1.29, 1.82) is 0 Å². The van der Waals surface area contributed by atoms with Crippen molar-refractivity contribution in [2.45, 2.75) is 19.0 Å². The zero-order valence-electron chi connectivity index (χ0n) is 13.1.